The highest BCUT2D eigenvalue weighted by molar-refractivity contribution is 6.19. The van der Waals surface area contributed by atoms with Crippen LogP contribution in [0.4, 0.5) is 10.1 Å². The van der Waals surface area contributed by atoms with Gasteiger partial charge in [0, 0.05) is 16.5 Å². The molecular weight excluding hydrogens is 357 g/mol. The first-order valence-corrected chi connectivity index (χ1v) is 8.73. The quantitative estimate of drug-likeness (QED) is 0.490. The topological polar surface area (TPSA) is 59.3 Å². The van der Waals surface area contributed by atoms with E-state index in [4.69, 9.17) is 4.42 Å². The predicted octanol–water partition coefficient (Wildman–Crippen LogP) is 5.36. The lowest BCUT2D eigenvalue weighted by Crippen LogP contribution is -2.15. The molecular formula is C23H16FNO3. The number of amides is 1. The van der Waals surface area contributed by atoms with Crippen molar-refractivity contribution in [2.45, 2.75) is 6.92 Å². The van der Waals surface area contributed by atoms with E-state index in [2.05, 4.69) is 5.32 Å². The lowest BCUT2D eigenvalue weighted by atomic mass is 10.1. The minimum Gasteiger partial charge on any atom is -0.450 e. The van der Waals surface area contributed by atoms with Gasteiger partial charge in [0.15, 0.2) is 5.76 Å². The summed E-state index contributed by atoms with van der Waals surface area (Å²) in [6.45, 7) is 1.84. The first-order chi connectivity index (χ1) is 13.5. The second-order valence-corrected chi connectivity index (χ2v) is 6.41. The molecule has 0 radical (unpaired) electrons. The molecule has 0 unspecified atom stereocenters. The van der Waals surface area contributed by atoms with Crippen LogP contribution in [-0.4, -0.2) is 11.7 Å². The zero-order chi connectivity index (χ0) is 19.7. The van der Waals surface area contributed by atoms with Crippen molar-refractivity contribution in [2.24, 2.45) is 0 Å². The van der Waals surface area contributed by atoms with Crippen molar-refractivity contribution < 1.29 is 18.4 Å². The van der Waals surface area contributed by atoms with E-state index in [1.54, 1.807) is 36.4 Å². The molecule has 1 amide bonds. The predicted molar refractivity (Wildman–Crippen MR) is 105 cm³/mol. The van der Waals surface area contributed by atoms with E-state index >= 15 is 0 Å². The van der Waals surface area contributed by atoms with Gasteiger partial charge in [-0.1, -0.05) is 30.3 Å². The maximum absolute atomic E-state index is 13.2. The molecule has 138 valence electrons. The van der Waals surface area contributed by atoms with Crippen molar-refractivity contribution in [1.29, 1.82) is 0 Å². The van der Waals surface area contributed by atoms with Gasteiger partial charge in [-0.2, -0.15) is 0 Å². The fraction of sp³-hybridized carbons (Fsp3) is 0.0435. The van der Waals surface area contributed by atoms with Crippen LogP contribution in [-0.2, 0) is 0 Å². The Balaban J connectivity index is 1.79. The van der Waals surface area contributed by atoms with Gasteiger partial charge in [-0.25, -0.2) is 4.39 Å². The maximum Gasteiger partial charge on any atom is 0.256 e. The Bertz CT molecular complexity index is 1190. The van der Waals surface area contributed by atoms with Gasteiger partial charge in [0.2, 0.25) is 5.78 Å². The molecule has 0 fully saturated rings. The number of aryl methyl sites for hydroxylation is 1. The molecule has 0 aliphatic carbocycles. The summed E-state index contributed by atoms with van der Waals surface area (Å²) in [5.41, 5.74) is 2.38. The summed E-state index contributed by atoms with van der Waals surface area (Å²) >= 11 is 0. The third-order valence-electron chi connectivity index (χ3n) is 4.54. The standard InChI is InChI=1S/C23H16FNO3/c1-14-6-2-3-7-17(14)23(27)25-20-18-8-4-5-9-19(18)28-22(20)21(26)15-10-12-16(24)13-11-15/h2-13H,1H3,(H,25,27). The van der Waals surface area contributed by atoms with Gasteiger partial charge in [0.1, 0.15) is 11.4 Å². The number of anilines is 1. The number of nitrogens with one attached hydrogen (secondary N) is 1. The van der Waals surface area contributed by atoms with Gasteiger partial charge in [0.05, 0.1) is 5.69 Å². The van der Waals surface area contributed by atoms with E-state index in [-0.39, 0.29) is 17.2 Å². The fourth-order valence-corrected chi connectivity index (χ4v) is 3.07. The third-order valence-corrected chi connectivity index (χ3v) is 4.54. The highest BCUT2D eigenvalue weighted by atomic mass is 19.1. The Kier molecular flexibility index (Phi) is 4.49. The summed E-state index contributed by atoms with van der Waals surface area (Å²) in [6.07, 6.45) is 0. The van der Waals surface area contributed by atoms with Gasteiger partial charge in [-0.3, -0.25) is 9.59 Å². The molecule has 0 aliphatic heterocycles. The van der Waals surface area contributed by atoms with Gasteiger partial charge in [-0.05, 0) is 55.0 Å². The molecule has 0 saturated heterocycles. The minimum atomic E-state index is -0.436. The number of ketones is 1. The molecule has 0 saturated carbocycles. The highest BCUT2D eigenvalue weighted by Crippen LogP contribution is 2.33. The summed E-state index contributed by atoms with van der Waals surface area (Å²) in [7, 11) is 0. The molecule has 0 bridgehead atoms. The zero-order valence-electron chi connectivity index (χ0n) is 15.0. The van der Waals surface area contributed by atoms with E-state index in [1.807, 2.05) is 19.1 Å². The molecule has 4 nitrogen and oxygen atoms in total. The molecule has 4 aromatic rings. The van der Waals surface area contributed by atoms with Crippen LogP contribution in [0, 0.1) is 12.7 Å². The molecule has 1 N–H and O–H groups in total. The van der Waals surface area contributed by atoms with Crippen LogP contribution in [0.1, 0.15) is 32.0 Å². The third kappa shape index (κ3) is 3.18. The average Bonchev–Trinajstić information content (AvgIpc) is 3.07. The fourth-order valence-electron chi connectivity index (χ4n) is 3.07. The van der Waals surface area contributed by atoms with Crippen LogP contribution in [0.25, 0.3) is 11.0 Å². The molecule has 1 heterocycles. The van der Waals surface area contributed by atoms with Crippen molar-refractivity contribution in [2.75, 3.05) is 5.32 Å². The number of para-hydroxylation sites is 1. The van der Waals surface area contributed by atoms with E-state index in [0.717, 1.165) is 5.56 Å². The number of carbonyl (C=O) groups is 2. The molecule has 28 heavy (non-hydrogen) atoms. The van der Waals surface area contributed by atoms with E-state index in [9.17, 15) is 14.0 Å². The first-order valence-electron chi connectivity index (χ1n) is 8.73. The number of halogens is 1. The molecule has 0 aliphatic rings. The van der Waals surface area contributed by atoms with Crippen LogP contribution in [0.2, 0.25) is 0 Å². The van der Waals surface area contributed by atoms with Crippen LogP contribution in [0.5, 0.6) is 0 Å². The number of hydrogen-bond donors (Lipinski definition) is 1. The molecule has 0 atom stereocenters. The molecule has 4 rings (SSSR count). The molecule has 5 heteroatoms. The Morgan fingerprint density at radius 2 is 1.57 bits per heavy atom. The Hall–Kier alpha value is -3.73. The van der Waals surface area contributed by atoms with Crippen LogP contribution >= 0.6 is 0 Å². The van der Waals surface area contributed by atoms with Crippen LogP contribution in [0.15, 0.2) is 77.2 Å². The van der Waals surface area contributed by atoms with Crippen molar-refractivity contribution in [1.82, 2.24) is 0 Å². The second kappa shape index (κ2) is 7.12. The second-order valence-electron chi connectivity index (χ2n) is 6.41. The molecule has 3 aromatic carbocycles. The average molecular weight is 373 g/mol. The van der Waals surface area contributed by atoms with Crippen molar-refractivity contribution >= 4 is 28.3 Å². The summed E-state index contributed by atoms with van der Waals surface area (Å²) in [5.74, 6) is -1.20. The summed E-state index contributed by atoms with van der Waals surface area (Å²) in [4.78, 5) is 25.8. The van der Waals surface area contributed by atoms with E-state index in [0.29, 0.717) is 22.2 Å². The van der Waals surface area contributed by atoms with E-state index in [1.165, 1.54) is 24.3 Å². The normalized spacial score (nSPS) is 10.8. The maximum atomic E-state index is 13.2. The largest absolute Gasteiger partial charge is 0.450 e. The van der Waals surface area contributed by atoms with Gasteiger partial charge in [0.25, 0.3) is 5.91 Å². The molecule has 1 aromatic heterocycles. The van der Waals surface area contributed by atoms with Gasteiger partial charge < -0.3 is 9.73 Å². The number of carbonyl (C=O) groups excluding carboxylic acids is 2. The zero-order valence-corrected chi connectivity index (χ0v) is 15.0. The lowest BCUT2D eigenvalue weighted by Gasteiger charge is -2.08. The number of rotatable bonds is 4. The van der Waals surface area contributed by atoms with Crippen molar-refractivity contribution in [3.05, 3.63) is 101 Å². The highest BCUT2D eigenvalue weighted by Gasteiger charge is 2.24. The smallest absolute Gasteiger partial charge is 0.256 e. The SMILES string of the molecule is Cc1ccccc1C(=O)Nc1c(C(=O)c2ccc(F)cc2)oc2ccccc12. The van der Waals surface area contributed by atoms with Gasteiger partial charge in [-0.15, -0.1) is 0 Å². The Morgan fingerprint density at radius 3 is 2.32 bits per heavy atom. The minimum absolute atomic E-state index is 0.00902. The Labute approximate surface area is 160 Å². The number of fused-ring (bicyclic) bond motifs is 1. The number of furan rings is 1. The van der Waals surface area contributed by atoms with E-state index < -0.39 is 11.6 Å². The summed E-state index contributed by atoms with van der Waals surface area (Å²) in [5, 5.41) is 3.45. The van der Waals surface area contributed by atoms with Crippen LogP contribution in [0.3, 0.4) is 0 Å². The number of hydrogen-bond acceptors (Lipinski definition) is 3. The van der Waals surface area contributed by atoms with Crippen molar-refractivity contribution in [3.8, 4) is 0 Å². The first kappa shape index (κ1) is 17.7. The number of benzene rings is 3. The lowest BCUT2D eigenvalue weighted by molar-refractivity contribution is 0.101. The monoisotopic (exact) mass is 373 g/mol. The van der Waals surface area contributed by atoms with Crippen molar-refractivity contribution in [3.63, 3.8) is 0 Å². The van der Waals surface area contributed by atoms with Gasteiger partial charge >= 0.3 is 0 Å². The Morgan fingerprint density at radius 1 is 0.893 bits per heavy atom. The summed E-state index contributed by atoms with van der Waals surface area (Å²) < 4.78 is 19.0. The molecule has 0 spiro atoms. The summed E-state index contributed by atoms with van der Waals surface area (Å²) in [6, 6.07) is 19.5. The van der Waals surface area contributed by atoms with Crippen LogP contribution < -0.4 is 5.32 Å².